The van der Waals surface area contributed by atoms with Crippen LogP contribution >= 0.6 is 0 Å². The van der Waals surface area contributed by atoms with Gasteiger partial charge in [0.05, 0.1) is 24.0 Å². The lowest BCUT2D eigenvalue weighted by Gasteiger charge is -2.43. The van der Waals surface area contributed by atoms with Gasteiger partial charge in [0.2, 0.25) is 0 Å². The van der Waals surface area contributed by atoms with E-state index in [4.69, 9.17) is 19.4 Å². The fourth-order valence-electron chi connectivity index (χ4n) is 10.1. The molecule has 8 rings (SSSR count). The first-order chi connectivity index (χ1) is 32.3. The highest BCUT2D eigenvalue weighted by Crippen LogP contribution is 2.48. The number of benzene rings is 3. The molecule has 2 aromatic heterocycles. The highest BCUT2D eigenvalue weighted by atomic mass is 16.6. The zero-order chi connectivity index (χ0) is 48.4. The Kier molecular flexibility index (Phi) is 13.6. The number of nitrogens with zero attached hydrogens (tertiary/aromatic N) is 4. The van der Waals surface area contributed by atoms with E-state index >= 15 is 0 Å². The molecule has 4 N–H and O–H groups in total. The van der Waals surface area contributed by atoms with Gasteiger partial charge in [-0.25, -0.2) is 19.6 Å². The van der Waals surface area contributed by atoms with Gasteiger partial charge in [0.15, 0.2) is 0 Å². The normalized spacial score (nSPS) is 22.9. The fourth-order valence-corrected chi connectivity index (χ4v) is 10.1. The van der Waals surface area contributed by atoms with Crippen molar-refractivity contribution in [3.05, 3.63) is 131 Å². The highest BCUT2D eigenvalue weighted by molar-refractivity contribution is 5.88. The van der Waals surface area contributed by atoms with Gasteiger partial charge in [-0.15, -0.1) is 0 Å². The molecule has 3 aliphatic rings. The molecule has 1 aliphatic carbocycles. The average Bonchev–Trinajstić information content (AvgIpc) is 4.15. The molecule has 68 heavy (non-hydrogen) atoms. The first-order valence-corrected chi connectivity index (χ1v) is 24.2. The van der Waals surface area contributed by atoms with Crippen molar-refractivity contribution >= 4 is 24.0 Å². The van der Waals surface area contributed by atoms with E-state index in [-0.39, 0.29) is 34.7 Å². The number of imidazole rings is 2. The number of carbonyl (C=O) groups is 4. The van der Waals surface area contributed by atoms with Crippen LogP contribution in [0.2, 0.25) is 0 Å². The SMILES string of the molecule is CC(C)(C)OC(=O)N[C@@H](C(=O)N1CCC[C@H]1c1ncc(-c2ccc(C3(C)CCC(C)(c4cnc([C@@H]5CCCN5C(=O)[C@H](NC(=O)OC(C)(C)C)c5ccccc5)[nH]4)CC3)cc2)[nH]1)c1ccccc1. The van der Waals surface area contributed by atoms with Gasteiger partial charge in [0, 0.05) is 30.4 Å². The minimum Gasteiger partial charge on any atom is -0.444 e. The van der Waals surface area contributed by atoms with E-state index in [0.29, 0.717) is 24.2 Å². The number of aromatic nitrogens is 4. The topological polar surface area (TPSA) is 175 Å². The molecule has 0 radical (unpaired) electrons. The minimum atomic E-state index is -0.902. The van der Waals surface area contributed by atoms with Gasteiger partial charge < -0.3 is 39.9 Å². The molecule has 0 unspecified atom stereocenters. The predicted molar refractivity (Wildman–Crippen MR) is 260 cm³/mol. The summed E-state index contributed by atoms with van der Waals surface area (Å²) in [5.41, 5.74) is 4.11. The molecule has 0 spiro atoms. The molecule has 4 heterocycles. The molecule has 14 heteroatoms. The van der Waals surface area contributed by atoms with E-state index in [1.165, 1.54) is 5.56 Å². The van der Waals surface area contributed by atoms with Crippen LogP contribution < -0.4 is 10.6 Å². The van der Waals surface area contributed by atoms with Crippen LogP contribution in [-0.4, -0.2) is 78.0 Å². The molecule has 1 saturated carbocycles. The second-order valence-corrected chi connectivity index (χ2v) is 21.4. The smallest absolute Gasteiger partial charge is 0.408 e. The van der Waals surface area contributed by atoms with Crippen LogP contribution in [0.1, 0.15) is 165 Å². The maximum Gasteiger partial charge on any atom is 0.408 e. The number of carbonyl (C=O) groups excluding carboxylic acids is 4. The zero-order valence-corrected chi connectivity index (χ0v) is 40.9. The number of hydrogen-bond donors (Lipinski definition) is 4. The third kappa shape index (κ3) is 10.8. The Morgan fingerprint density at radius 2 is 1.06 bits per heavy atom. The Morgan fingerprint density at radius 1 is 0.618 bits per heavy atom. The second-order valence-electron chi connectivity index (χ2n) is 21.4. The number of nitrogens with one attached hydrogen (secondary N) is 4. The Morgan fingerprint density at radius 3 is 1.53 bits per heavy atom. The molecular weight excluding hydrogens is 857 g/mol. The van der Waals surface area contributed by atoms with Gasteiger partial charge in [-0.2, -0.15) is 0 Å². The fraction of sp³-hybridized carbons (Fsp3) is 0.481. The molecule has 5 aromatic rings. The second kappa shape index (κ2) is 19.3. The van der Waals surface area contributed by atoms with Crippen molar-refractivity contribution in [2.45, 2.75) is 153 Å². The Bertz CT molecular complexity index is 2550. The predicted octanol–water partition coefficient (Wildman–Crippen LogP) is 10.4. The maximum absolute atomic E-state index is 14.3. The number of rotatable bonds is 11. The molecule has 2 aliphatic heterocycles. The zero-order valence-electron chi connectivity index (χ0n) is 40.9. The standard InChI is InChI=1S/C54H68N8O6/c1-51(2,3)67-49(65)59-43(36-17-11-9-12-18-36)47(63)61-31-15-21-40(61)45-55-33-39(57-45)35-23-25-38(26-24-35)53(7)27-29-54(8,30-28-53)42-34-56-46(58-42)41-22-16-32-62(41)48(64)44(37-19-13-10-14-20-37)60-50(66)68-52(4,5)6/h9-14,17-20,23-26,33-34,40-41,43-44H,15-16,21-22,27-32H2,1-8H3,(H,55,57)(H,56,58)(H,59,65)(H,60,66)/t40-,41-,43+,44+,53?,54?/m0/s1. The molecule has 14 nitrogen and oxygen atoms in total. The number of aromatic amines is 2. The summed E-state index contributed by atoms with van der Waals surface area (Å²) in [4.78, 5) is 75.0. The van der Waals surface area contributed by atoms with Crippen LogP contribution in [0.5, 0.6) is 0 Å². The lowest BCUT2D eigenvalue weighted by Crippen LogP contribution is -2.44. The summed E-state index contributed by atoms with van der Waals surface area (Å²) in [6.07, 6.45) is 9.64. The molecule has 3 fully saturated rings. The number of hydrogen-bond acceptors (Lipinski definition) is 8. The van der Waals surface area contributed by atoms with E-state index in [0.717, 1.165) is 80.0 Å². The number of H-pyrrole nitrogens is 2. The molecular formula is C54H68N8O6. The minimum absolute atomic E-state index is 0.0182. The van der Waals surface area contributed by atoms with E-state index < -0.39 is 35.5 Å². The third-order valence-electron chi connectivity index (χ3n) is 14.0. The van der Waals surface area contributed by atoms with Gasteiger partial charge in [-0.05, 0) is 121 Å². The lowest BCUT2D eigenvalue weighted by atomic mass is 9.62. The number of ether oxygens (including phenoxy) is 2. The van der Waals surface area contributed by atoms with E-state index in [1.807, 2.05) is 82.9 Å². The summed E-state index contributed by atoms with van der Waals surface area (Å²) < 4.78 is 11.1. The summed E-state index contributed by atoms with van der Waals surface area (Å²) in [5.74, 6) is 1.11. The van der Waals surface area contributed by atoms with Crippen molar-refractivity contribution in [3.8, 4) is 11.3 Å². The highest BCUT2D eigenvalue weighted by Gasteiger charge is 2.43. The van der Waals surface area contributed by atoms with Crippen LogP contribution in [0.3, 0.4) is 0 Å². The quantitative estimate of drug-likeness (QED) is 0.101. The van der Waals surface area contributed by atoms with Crippen LogP contribution in [0.25, 0.3) is 11.3 Å². The molecule has 360 valence electrons. The molecule has 3 aromatic carbocycles. The summed E-state index contributed by atoms with van der Waals surface area (Å²) in [6, 6.07) is 25.1. The average molecular weight is 925 g/mol. The third-order valence-corrected chi connectivity index (χ3v) is 14.0. The van der Waals surface area contributed by atoms with Crippen LogP contribution in [0.4, 0.5) is 9.59 Å². The van der Waals surface area contributed by atoms with Gasteiger partial charge in [0.25, 0.3) is 11.8 Å². The van der Waals surface area contributed by atoms with E-state index in [1.54, 1.807) is 41.5 Å². The van der Waals surface area contributed by atoms with Crippen LogP contribution in [0.15, 0.2) is 97.3 Å². The Hall–Kier alpha value is -6.44. The molecule has 4 atom stereocenters. The molecule has 4 amide bonds. The van der Waals surface area contributed by atoms with Gasteiger partial charge in [-0.1, -0.05) is 98.8 Å². The summed E-state index contributed by atoms with van der Waals surface area (Å²) in [7, 11) is 0. The van der Waals surface area contributed by atoms with Crippen LogP contribution in [-0.2, 0) is 29.9 Å². The summed E-state index contributed by atoms with van der Waals surface area (Å²) in [6.45, 7) is 16.6. The summed E-state index contributed by atoms with van der Waals surface area (Å²) >= 11 is 0. The molecule has 0 bridgehead atoms. The van der Waals surface area contributed by atoms with Crippen molar-refractivity contribution in [1.29, 1.82) is 0 Å². The maximum atomic E-state index is 14.3. The van der Waals surface area contributed by atoms with Crippen molar-refractivity contribution in [2.75, 3.05) is 13.1 Å². The number of likely N-dealkylation sites (tertiary alicyclic amines) is 2. The van der Waals surface area contributed by atoms with Crippen molar-refractivity contribution < 1.29 is 28.7 Å². The number of alkyl carbamates (subject to hydrolysis) is 2. The van der Waals surface area contributed by atoms with Crippen molar-refractivity contribution in [1.82, 2.24) is 40.4 Å². The van der Waals surface area contributed by atoms with E-state index in [9.17, 15) is 19.2 Å². The molecule has 2 saturated heterocycles. The first kappa shape index (κ1) is 48.0. The van der Waals surface area contributed by atoms with Gasteiger partial charge in [-0.3, -0.25) is 9.59 Å². The van der Waals surface area contributed by atoms with E-state index in [2.05, 4.69) is 58.7 Å². The van der Waals surface area contributed by atoms with Gasteiger partial charge in [0.1, 0.15) is 34.9 Å². The van der Waals surface area contributed by atoms with Crippen LogP contribution in [0, 0.1) is 0 Å². The lowest BCUT2D eigenvalue weighted by molar-refractivity contribution is -0.135. The monoisotopic (exact) mass is 925 g/mol. The summed E-state index contributed by atoms with van der Waals surface area (Å²) in [5, 5.41) is 5.69. The van der Waals surface area contributed by atoms with Gasteiger partial charge >= 0.3 is 12.2 Å². The van der Waals surface area contributed by atoms with Crippen molar-refractivity contribution in [2.24, 2.45) is 0 Å². The Balaban J connectivity index is 0.908. The largest absolute Gasteiger partial charge is 0.444 e. The van der Waals surface area contributed by atoms with Crippen molar-refractivity contribution in [3.63, 3.8) is 0 Å². The first-order valence-electron chi connectivity index (χ1n) is 24.2. The Labute approximate surface area is 400 Å². The number of amides is 4.